The van der Waals surface area contributed by atoms with Crippen molar-refractivity contribution in [3.05, 3.63) is 58.1 Å². The van der Waals surface area contributed by atoms with Crippen LogP contribution in [0.15, 0.2) is 42.5 Å². The SMILES string of the molecule is CC(C)CCOc1ccc(C(=O)Nc2c(Cl)cccc2Cl)cc1. The molecule has 0 bridgehead atoms. The van der Waals surface area contributed by atoms with Gasteiger partial charge in [0.05, 0.1) is 22.3 Å². The molecule has 0 aromatic heterocycles. The maximum absolute atomic E-state index is 12.3. The minimum atomic E-state index is -0.270. The summed E-state index contributed by atoms with van der Waals surface area (Å²) in [6, 6.07) is 12.1. The van der Waals surface area contributed by atoms with E-state index in [0.717, 1.165) is 12.2 Å². The van der Waals surface area contributed by atoms with Gasteiger partial charge in [0.2, 0.25) is 0 Å². The summed E-state index contributed by atoms with van der Waals surface area (Å²) in [5, 5.41) is 3.53. The van der Waals surface area contributed by atoms with Crippen LogP contribution in [-0.4, -0.2) is 12.5 Å². The summed E-state index contributed by atoms with van der Waals surface area (Å²) in [6.07, 6.45) is 0.993. The van der Waals surface area contributed by atoms with Gasteiger partial charge >= 0.3 is 0 Å². The molecule has 2 rings (SSSR count). The molecule has 0 aliphatic carbocycles. The predicted molar refractivity (Wildman–Crippen MR) is 95.8 cm³/mol. The van der Waals surface area contributed by atoms with Crippen LogP contribution in [0.2, 0.25) is 10.0 Å². The Morgan fingerprint density at radius 3 is 2.26 bits per heavy atom. The van der Waals surface area contributed by atoms with Crippen molar-refractivity contribution in [2.75, 3.05) is 11.9 Å². The fourth-order valence-corrected chi connectivity index (χ4v) is 2.41. The Morgan fingerprint density at radius 1 is 1.09 bits per heavy atom. The third-order valence-electron chi connectivity index (χ3n) is 3.28. The number of rotatable bonds is 6. The number of carbonyl (C=O) groups is 1. The lowest BCUT2D eigenvalue weighted by Crippen LogP contribution is -2.12. The minimum Gasteiger partial charge on any atom is -0.494 e. The molecule has 0 saturated carbocycles. The molecular formula is C18H19Cl2NO2. The highest BCUT2D eigenvalue weighted by molar-refractivity contribution is 6.40. The first-order valence-corrected chi connectivity index (χ1v) is 8.21. The largest absolute Gasteiger partial charge is 0.494 e. The Hall–Kier alpha value is -1.71. The van der Waals surface area contributed by atoms with Gasteiger partial charge in [0.1, 0.15) is 5.75 Å². The number of carbonyl (C=O) groups excluding carboxylic acids is 1. The van der Waals surface area contributed by atoms with Crippen molar-refractivity contribution in [3.63, 3.8) is 0 Å². The summed E-state index contributed by atoms with van der Waals surface area (Å²) in [6.45, 7) is 4.96. The number of halogens is 2. The third-order valence-corrected chi connectivity index (χ3v) is 3.91. The number of hydrogen-bond acceptors (Lipinski definition) is 2. The highest BCUT2D eigenvalue weighted by Crippen LogP contribution is 2.30. The average Bonchev–Trinajstić information content (AvgIpc) is 2.51. The Labute approximate surface area is 146 Å². The lowest BCUT2D eigenvalue weighted by molar-refractivity contribution is 0.102. The highest BCUT2D eigenvalue weighted by Gasteiger charge is 2.11. The van der Waals surface area contributed by atoms with Crippen molar-refractivity contribution in [2.45, 2.75) is 20.3 Å². The molecule has 1 N–H and O–H groups in total. The van der Waals surface area contributed by atoms with Crippen molar-refractivity contribution in [1.82, 2.24) is 0 Å². The average molecular weight is 352 g/mol. The van der Waals surface area contributed by atoms with E-state index in [4.69, 9.17) is 27.9 Å². The molecule has 0 unspecified atom stereocenters. The van der Waals surface area contributed by atoms with Crippen LogP contribution in [0.3, 0.4) is 0 Å². The first-order chi connectivity index (χ1) is 11.0. The summed E-state index contributed by atoms with van der Waals surface area (Å²) < 4.78 is 5.63. The van der Waals surface area contributed by atoms with Gasteiger partial charge in [0.25, 0.3) is 5.91 Å². The van der Waals surface area contributed by atoms with Gasteiger partial charge in [-0.15, -0.1) is 0 Å². The van der Waals surface area contributed by atoms with Crippen LogP contribution in [0.25, 0.3) is 0 Å². The molecule has 0 aliphatic rings. The topological polar surface area (TPSA) is 38.3 Å². The molecule has 1 amide bonds. The number of benzene rings is 2. The van der Waals surface area contributed by atoms with E-state index in [1.807, 2.05) is 0 Å². The zero-order valence-electron chi connectivity index (χ0n) is 13.1. The standard InChI is InChI=1S/C18H19Cl2NO2/c1-12(2)10-11-23-14-8-6-13(7-9-14)18(22)21-17-15(19)4-3-5-16(17)20/h3-9,12H,10-11H2,1-2H3,(H,21,22). The number of anilines is 1. The van der Waals surface area contributed by atoms with E-state index in [1.54, 1.807) is 42.5 Å². The lowest BCUT2D eigenvalue weighted by Gasteiger charge is -2.10. The molecule has 0 radical (unpaired) electrons. The van der Waals surface area contributed by atoms with Crippen molar-refractivity contribution in [3.8, 4) is 5.75 Å². The summed E-state index contributed by atoms with van der Waals surface area (Å²) >= 11 is 12.1. The van der Waals surface area contributed by atoms with Crippen LogP contribution in [0.5, 0.6) is 5.75 Å². The molecule has 0 spiro atoms. The van der Waals surface area contributed by atoms with Crippen molar-refractivity contribution < 1.29 is 9.53 Å². The molecule has 0 heterocycles. The molecule has 2 aromatic carbocycles. The van der Waals surface area contributed by atoms with Crippen molar-refractivity contribution >= 4 is 34.8 Å². The fraction of sp³-hybridized carbons (Fsp3) is 0.278. The second-order valence-electron chi connectivity index (χ2n) is 5.61. The second-order valence-corrected chi connectivity index (χ2v) is 6.42. The van der Waals surface area contributed by atoms with Crippen LogP contribution < -0.4 is 10.1 Å². The Balaban J connectivity index is 2.00. The molecule has 5 heteroatoms. The molecule has 0 aliphatic heterocycles. The maximum atomic E-state index is 12.3. The minimum absolute atomic E-state index is 0.270. The number of nitrogens with one attached hydrogen (secondary N) is 1. The van der Waals surface area contributed by atoms with Crippen LogP contribution in [0.1, 0.15) is 30.6 Å². The summed E-state index contributed by atoms with van der Waals surface area (Å²) in [5.74, 6) is 1.08. The van der Waals surface area contributed by atoms with Gasteiger partial charge in [-0.1, -0.05) is 43.1 Å². The van der Waals surface area contributed by atoms with Gasteiger partial charge in [0, 0.05) is 5.56 Å². The summed E-state index contributed by atoms with van der Waals surface area (Å²) in [5.41, 5.74) is 0.926. The molecule has 0 saturated heterocycles. The zero-order chi connectivity index (χ0) is 16.8. The Kier molecular flexibility index (Phi) is 6.31. The molecule has 122 valence electrons. The highest BCUT2D eigenvalue weighted by atomic mass is 35.5. The van der Waals surface area contributed by atoms with Gasteiger partial charge < -0.3 is 10.1 Å². The van der Waals surface area contributed by atoms with E-state index >= 15 is 0 Å². The van der Waals surface area contributed by atoms with Gasteiger partial charge in [-0.05, 0) is 48.7 Å². The predicted octanol–water partition coefficient (Wildman–Crippen LogP) is 5.67. The number of ether oxygens (including phenoxy) is 1. The van der Waals surface area contributed by atoms with Crippen LogP contribution in [0, 0.1) is 5.92 Å². The normalized spacial score (nSPS) is 10.7. The zero-order valence-corrected chi connectivity index (χ0v) is 14.6. The quantitative estimate of drug-likeness (QED) is 0.727. The van der Waals surface area contributed by atoms with Crippen LogP contribution >= 0.6 is 23.2 Å². The van der Waals surface area contributed by atoms with Gasteiger partial charge in [-0.3, -0.25) is 4.79 Å². The molecule has 23 heavy (non-hydrogen) atoms. The number of para-hydroxylation sites is 1. The Bertz CT molecular complexity index is 649. The molecular weight excluding hydrogens is 333 g/mol. The van der Waals surface area contributed by atoms with Gasteiger partial charge in [0.15, 0.2) is 0 Å². The van der Waals surface area contributed by atoms with Gasteiger partial charge in [-0.25, -0.2) is 0 Å². The van der Waals surface area contributed by atoms with E-state index in [1.165, 1.54) is 0 Å². The smallest absolute Gasteiger partial charge is 0.255 e. The fourth-order valence-electron chi connectivity index (χ4n) is 1.92. The summed E-state index contributed by atoms with van der Waals surface area (Å²) in [7, 11) is 0. The number of amides is 1. The van der Waals surface area contributed by atoms with Gasteiger partial charge in [-0.2, -0.15) is 0 Å². The third kappa shape index (κ3) is 5.15. The van der Waals surface area contributed by atoms with Crippen molar-refractivity contribution in [1.29, 1.82) is 0 Å². The molecule has 3 nitrogen and oxygen atoms in total. The van der Waals surface area contributed by atoms with Crippen molar-refractivity contribution in [2.24, 2.45) is 5.92 Å². The first-order valence-electron chi connectivity index (χ1n) is 7.45. The van der Waals surface area contributed by atoms with E-state index in [9.17, 15) is 4.79 Å². The molecule has 0 atom stereocenters. The Morgan fingerprint density at radius 2 is 1.70 bits per heavy atom. The van der Waals surface area contributed by atoms with E-state index < -0.39 is 0 Å². The summed E-state index contributed by atoms with van der Waals surface area (Å²) in [4.78, 5) is 12.3. The van der Waals surface area contributed by atoms with Crippen LogP contribution in [0.4, 0.5) is 5.69 Å². The van der Waals surface area contributed by atoms with E-state index in [2.05, 4.69) is 19.2 Å². The maximum Gasteiger partial charge on any atom is 0.255 e. The van der Waals surface area contributed by atoms with E-state index in [-0.39, 0.29) is 5.91 Å². The van der Waals surface area contributed by atoms with Crippen LogP contribution in [-0.2, 0) is 0 Å². The number of hydrogen-bond donors (Lipinski definition) is 1. The lowest BCUT2D eigenvalue weighted by atomic mass is 10.1. The molecule has 2 aromatic rings. The van der Waals surface area contributed by atoms with E-state index in [0.29, 0.717) is 33.8 Å². The first kappa shape index (κ1) is 17.6. The second kappa shape index (κ2) is 8.23. The molecule has 0 fully saturated rings. The monoisotopic (exact) mass is 351 g/mol.